The number of anilines is 1. The van der Waals surface area contributed by atoms with Crippen molar-refractivity contribution in [2.45, 2.75) is 32.4 Å². The largest absolute Gasteiger partial charge is 0.374 e. The van der Waals surface area contributed by atoms with Gasteiger partial charge >= 0.3 is 0 Å². The number of hydrogen-bond donors (Lipinski definition) is 1. The fourth-order valence-corrected chi connectivity index (χ4v) is 3.35. The van der Waals surface area contributed by atoms with Crippen molar-refractivity contribution in [1.82, 2.24) is 10.2 Å². The van der Waals surface area contributed by atoms with Gasteiger partial charge in [0.2, 0.25) is 0 Å². The number of benzene rings is 1. The molecule has 2 aliphatic rings. The van der Waals surface area contributed by atoms with Crippen LogP contribution in [-0.2, 0) is 13.0 Å². The van der Waals surface area contributed by atoms with Gasteiger partial charge in [-0.05, 0) is 37.0 Å². The normalized spacial score (nSPS) is 24.3. The fraction of sp³-hybridized carbons (Fsp3) is 0.625. The Morgan fingerprint density at radius 1 is 1.32 bits per heavy atom. The molecule has 2 aliphatic heterocycles. The Hall–Kier alpha value is -1.06. The number of aryl methyl sites for hydroxylation is 1. The molecule has 0 aromatic heterocycles. The summed E-state index contributed by atoms with van der Waals surface area (Å²) in [6.07, 6.45) is 2.53. The van der Waals surface area contributed by atoms with Gasteiger partial charge in [-0.1, -0.05) is 12.1 Å². The summed E-state index contributed by atoms with van der Waals surface area (Å²) < 4.78 is 0. The van der Waals surface area contributed by atoms with E-state index in [0.717, 1.165) is 19.6 Å². The van der Waals surface area contributed by atoms with Gasteiger partial charge in [0, 0.05) is 51.5 Å². The summed E-state index contributed by atoms with van der Waals surface area (Å²) in [6, 6.07) is 7.68. The molecule has 0 radical (unpaired) electrons. The van der Waals surface area contributed by atoms with Crippen LogP contribution in [0.1, 0.15) is 24.5 Å². The van der Waals surface area contributed by atoms with Crippen molar-refractivity contribution in [2.75, 3.05) is 38.1 Å². The lowest BCUT2D eigenvalue weighted by Crippen LogP contribution is -2.48. The highest BCUT2D eigenvalue weighted by Gasteiger charge is 2.17. The van der Waals surface area contributed by atoms with E-state index in [0.29, 0.717) is 6.04 Å². The van der Waals surface area contributed by atoms with E-state index in [1.165, 1.54) is 42.7 Å². The second-order valence-corrected chi connectivity index (χ2v) is 6.08. The van der Waals surface area contributed by atoms with Gasteiger partial charge in [0.25, 0.3) is 0 Å². The second kappa shape index (κ2) is 5.51. The maximum absolute atomic E-state index is 3.51. The molecule has 3 nitrogen and oxygen atoms in total. The first kappa shape index (κ1) is 12.9. The lowest BCUT2D eigenvalue weighted by molar-refractivity contribution is 0.199. The van der Waals surface area contributed by atoms with E-state index in [4.69, 9.17) is 0 Å². The Bertz CT molecular complexity index is 444. The molecule has 1 aromatic rings. The van der Waals surface area contributed by atoms with Crippen LogP contribution in [0.2, 0.25) is 0 Å². The molecule has 3 rings (SSSR count). The number of nitrogens with one attached hydrogen (secondary N) is 1. The summed E-state index contributed by atoms with van der Waals surface area (Å²) in [5, 5.41) is 3.51. The van der Waals surface area contributed by atoms with Crippen LogP contribution in [0.25, 0.3) is 0 Å². The van der Waals surface area contributed by atoms with Crippen LogP contribution in [-0.4, -0.2) is 44.2 Å². The molecule has 1 aromatic carbocycles. The van der Waals surface area contributed by atoms with Crippen LogP contribution < -0.4 is 10.2 Å². The van der Waals surface area contributed by atoms with E-state index in [1.807, 2.05) is 0 Å². The maximum atomic E-state index is 3.51. The molecule has 1 fully saturated rings. The Morgan fingerprint density at radius 3 is 3.05 bits per heavy atom. The Morgan fingerprint density at radius 2 is 2.21 bits per heavy atom. The third kappa shape index (κ3) is 2.93. The lowest BCUT2D eigenvalue weighted by atomic mass is 9.99. The molecule has 104 valence electrons. The van der Waals surface area contributed by atoms with Crippen LogP contribution in [0.4, 0.5) is 5.69 Å². The van der Waals surface area contributed by atoms with Crippen LogP contribution in [0.3, 0.4) is 0 Å². The minimum atomic E-state index is 0.623. The van der Waals surface area contributed by atoms with Crippen molar-refractivity contribution < 1.29 is 0 Å². The van der Waals surface area contributed by atoms with Crippen LogP contribution in [0.15, 0.2) is 18.2 Å². The molecule has 1 unspecified atom stereocenters. The third-order valence-corrected chi connectivity index (χ3v) is 4.35. The standard InChI is InChI=1S/C16H25N3/c1-13-11-19(9-7-17-13)12-14-5-6-16-15(10-14)4-3-8-18(16)2/h5-6,10,13,17H,3-4,7-9,11-12H2,1-2H3. The van der Waals surface area contributed by atoms with Crippen molar-refractivity contribution in [1.29, 1.82) is 0 Å². The van der Waals surface area contributed by atoms with Gasteiger partial charge in [-0.25, -0.2) is 0 Å². The molecule has 3 heteroatoms. The van der Waals surface area contributed by atoms with Gasteiger partial charge in [-0.15, -0.1) is 0 Å². The number of piperazine rings is 1. The first-order valence-corrected chi connectivity index (χ1v) is 7.51. The Kier molecular flexibility index (Phi) is 3.76. The molecule has 2 heterocycles. The average Bonchev–Trinajstić information content (AvgIpc) is 2.39. The van der Waals surface area contributed by atoms with Gasteiger partial charge in [-0.3, -0.25) is 4.90 Å². The molecule has 1 saturated heterocycles. The molecule has 0 spiro atoms. The molecular formula is C16H25N3. The van der Waals surface area contributed by atoms with Crippen molar-refractivity contribution in [3.8, 4) is 0 Å². The first-order valence-electron chi connectivity index (χ1n) is 7.51. The molecule has 0 aliphatic carbocycles. The van der Waals surface area contributed by atoms with E-state index in [-0.39, 0.29) is 0 Å². The fourth-order valence-electron chi connectivity index (χ4n) is 3.35. The smallest absolute Gasteiger partial charge is 0.0396 e. The zero-order valence-corrected chi connectivity index (χ0v) is 12.2. The van der Waals surface area contributed by atoms with E-state index in [9.17, 15) is 0 Å². The quantitative estimate of drug-likeness (QED) is 0.874. The molecular weight excluding hydrogens is 234 g/mol. The van der Waals surface area contributed by atoms with Crippen molar-refractivity contribution >= 4 is 5.69 Å². The van der Waals surface area contributed by atoms with Crippen LogP contribution >= 0.6 is 0 Å². The molecule has 0 bridgehead atoms. The highest BCUT2D eigenvalue weighted by Crippen LogP contribution is 2.27. The van der Waals surface area contributed by atoms with Crippen LogP contribution in [0, 0.1) is 0 Å². The van der Waals surface area contributed by atoms with Gasteiger partial charge in [0.15, 0.2) is 0 Å². The summed E-state index contributed by atoms with van der Waals surface area (Å²) in [5.74, 6) is 0. The number of hydrogen-bond acceptors (Lipinski definition) is 3. The monoisotopic (exact) mass is 259 g/mol. The minimum Gasteiger partial charge on any atom is -0.374 e. The summed E-state index contributed by atoms with van der Waals surface area (Å²) in [6.45, 7) is 8.02. The lowest BCUT2D eigenvalue weighted by Gasteiger charge is -2.32. The summed E-state index contributed by atoms with van der Waals surface area (Å²) in [5.41, 5.74) is 4.45. The van der Waals surface area contributed by atoms with Crippen molar-refractivity contribution in [2.24, 2.45) is 0 Å². The minimum absolute atomic E-state index is 0.623. The van der Waals surface area contributed by atoms with Gasteiger partial charge in [0.1, 0.15) is 0 Å². The number of fused-ring (bicyclic) bond motifs is 1. The van der Waals surface area contributed by atoms with Crippen molar-refractivity contribution in [3.63, 3.8) is 0 Å². The SMILES string of the molecule is CC1CN(Cc2ccc3c(c2)CCCN3C)CCN1. The van der Waals surface area contributed by atoms with Crippen LogP contribution in [0.5, 0.6) is 0 Å². The first-order chi connectivity index (χ1) is 9.22. The summed E-state index contributed by atoms with van der Waals surface area (Å²) >= 11 is 0. The maximum Gasteiger partial charge on any atom is 0.0396 e. The Balaban J connectivity index is 1.71. The molecule has 0 saturated carbocycles. The Labute approximate surface area is 116 Å². The van der Waals surface area contributed by atoms with E-state index >= 15 is 0 Å². The summed E-state index contributed by atoms with van der Waals surface area (Å²) in [7, 11) is 2.20. The molecule has 1 N–H and O–H groups in total. The molecule has 0 amide bonds. The van der Waals surface area contributed by atoms with Crippen molar-refractivity contribution in [3.05, 3.63) is 29.3 Å². The topological polar surface area (TPSA) is 18.5 Å². The predicted octanol–water partition coefficient (Wildman–Crippen LogP) is 1.86. The zero-order valence-electron chi connectivity index (χ0n) is 12.2. The number of rotatable bonds is 2. The van der Waals surface area contributed by atoms with Gasteiger partial charge in [-0.2, -0.15) is 0 Å². The predicted molar refractivity (Wildman–Crippen MR) is 80.8 cm³/mol. The van der Waals surface area contributed by atoms with E-state index < -0.39 is 0 Å². The number of nitrogens with zero attached hydrogens (tertiary/aromatic N) is 2. The molecule has 19 heavy (non-hydrogen) atoms. The third-order valence-electron chi connectivity index (χ3n) is 4.35. The molecule has 1 atom stereocenters. The van der Waals surface area contributed by atoms with E-state index in [2.05, 4.69) is 47.3 Å². The van der Waals surface area contributed by atoms with Gasteiger partial charge in [0.05, 0.1) is 0 Å². The zero-order chi connectivity index (χ0) is 13.2. The summed E-state index contributed by atoms with van der Waals surface area (Å²) in [4.78, 5) is 4.95. The van der Waals surface area contributed by atoms with Gasteiger partial charge < -0.3 is 10.2 Å². The highest BCUT2D eigenvalue weighted by atomic mass is 15.2. The highest BCUT2D eigenvalue weighted by molar-refractivity contribution is 5.56. The average molecular weight is 259 g/mol. The second-order valence-electron chi connectivity index (χ2n) is 6.08. The van der Waals surface area contributed by atoms with E-state index in [1.54, 1.807) is 0 Å².